The highest BCUT2D eigenvalue weighted by atomic mass is 16.3. The van der Waals surface area contributed by atoms with Crippen LogP contribution in [0.25, 0.3) is 0 Å². The first-order valence-electron chi connectivity index (χ1n) is 12.6. The van der Waals surface area contributed by atoms with Gasteiger partial charge in [0.25, 0.3) is 0 Å². The van der Waals surface area contributed by atoms with Gasteiger partial charge in [-0.05, 0) is 91.3 Å². The topological polar surface area (TPSA) is 37.3 Å². The number of hydrogen-bond donors (Lipinski definition) is 1. The van der Waals surface area contributed by atoms with Crippen LogP contribution in [0.2, 0.25) is 0 Å². The molecule has 0 radical (unpaired) electrons. The number of allylic oxidation sites excluding steroid dienone is 2. The van der Waals surface area contributed by atoms with E-state index in [1.54, 1.807) is 0 Å². The van der Waals surface area contributed by atoms with Gasteiger partial charge in [-0.15, -0.1) is 0 Å². The lowest BCUT2D eigenvalue weighted by atomic mass is 9.47. The van der Waals surface area contributed by atoms with Gasteiger partial charge in [-0.3, -0.25) is 4.79 Å². The van der Waals surface area contributed by atoms with Gasteiger partial charge in [-0.25, -0.2) is 0 Å². The van der Waals surface area contributed by atoms with Gasteiger partial charge in [0.05, 0.1) is 0 Å². The Morgan fingerprint density at radius 2 is 1.90 bits per heavy atom. The number of ketones is 1. The maximum absolute atomic E-state index is 12.1. The Bertz CT molecular complexity index is 651. The van der Waals surface area contributed by atoms with Crippen molar-refractivity contribution in [2.75, 3.05) is 6.61 Å². The van der Waals surface area contributed by atoms with E-state index in [4.69, 9.17) is 0 Å². The smallest absolute Gasteiger partial charge is 0.136 e. The molecule has 0 heterocycles. The summed E-state index contributed by atoms with van der Waals surface area (Å²) in [6.45, 7) is 10.2. The fourth-order valence-corrected chi connectivity index (χ4v) is 8.53. The first kappa shape index (κ1) is 21.6. The zero-order valence-corrected chi connectivity index (χ0v) is 19.4. The van der Waals surface area contributed by atoms with Gasteiger partial charge in [-0.2, -0.15) is 0 Å². The van der Waals surface area contributed by atoms with Crippen molar-refractivity contribution in [2.24, 2.45) is 46.3 Å². The number of carbonyl (C=O) groups excluding carboxylic acids is 1. The first-order valence-corrected chi connectivity index (χ1v) is 12.6. The Hall–Kier alpha value is -0.630. The maximum atomic E-state index is 12.1. The molecule has 4 aliphatic carbocycles. The maximum Gasteiger partial charge on any atom is 0.136 e. The lowest BCUT2D eigenvalue weighted by Gasteiger charge is -2.58. The Labute approximate surface area is 178 Å². The zero-order chi connectivity index (χ0) is 20.8. The molecule has 2 nitrogen and oxygen atoms in total. The molecule has 2 unspecified atom stereocenters. The Morgan fingerprint density at radius 3 is 2.66 bits per heavy atom. The minimum absolute atomic E-state index is 0.308. The SMILES string of the molecule is CC(CO)CCCC(C)[C@H]1CC[C@H]2[C@@H]3CC=C4CC(=O)CC[C@]4(C)[C@H]3CC[C@]12C. The normalized spacial score (nSPS) is 43.8. The molecule has 3 saturated carbocycles. The second-order valence-corrected chi connectivity index (χ2v) is 11.9. The van der Waals surface area contributed by atoms with Crippen molar-refractivity contribution in [3.63, 3.8) is 0 Å². The van der Waals surface area contributed by atoms with Crippen LogP contribution in [0.5, 0.6) is 0 Å². The molecular formula is C27H44O2. The van der Waals surface area contributed by atoms with Crippen LogP contribution in [-0.2, 0) is 4.79 Å². The molecule has 4 rings (SSSR count). The van der Waals surface area contributed by atoms with E-state index in [0.29, 0.717) is 29.1 Å². The van der Waals surface area contributed by atoms with E-state index in [1.807, 2.05) is 0 Å². The fourth-order valence-electron chi connectivity index (χ4n) is 8.53. The van der Waals surface area contributed by atoms with Crippen LogP contribution in [0.15, 0.2) is 11.6 Å². The average Bonchev–Trinajstić information content (AvgIpc) is 3.05. The standard InChI is InChI=1S/C27H44O2/c1-18(17-28)6-5-7-19(2)23-10-11-24-22-9-8-20-16-21(29)12-14-26(20,3)25(22)13-15-27(23,24)4/h8,18-19,22-25,28H,5-7,9-17H2,1-4H3/t18?,19?,22-,23+,24-,25-,26-,27+/m0/s1. The molecule has 29 heavy (non-hydrogen) atoms. The van der Waals surface area contributed by atoms with Gasteiger partial charge >= 0.3 is 0 Å². The summed E-state index contributed by atoms with van der Waals surface area (Å²) in [6, 6.07) is 0. The number of Topliss-reactive ketones (excluding diaryl/α,β-unsaturated/α-hetero) is 1. The highest BCUT2D eigenvalue weighted by Crippen LogP contribution is 2.67. The van der Waals surface area contributed by atoms with Gasteiger partial charge in [0.2, 0.25) is 0 Å². The summed E-state index contributed by atoms with van der Waals surface area (Å²) in [7, 11) is 0. The van der Waals surface area contributed by atoms with Crippen molar-refractivity contribution in [2.45, 2.75) is 98.3 Å². The fraction of sp³-hybridized carbons (Fsp3) is 0.889. The number of hydrogen-bond acceptors (Lipinski definition) is 2. The van der Waals surface area contributed by atoms with E-state index >= 15 is 0 Å². The van der Waals surface area contributed by atoms with Gasteiger partial charge < -0.3 is 5.11 Å². The van der Waals surface area contributed by atoms with Crippen LogP contribution in [0.3, 0.4) is 0 Å². The number of aliphatic hydroxyl groups excluding tert-OH is 1. The van der Waals surface area contributed by atoms with E-state index in [1.165, 1.54) is 56.9 Å². The molecular weight excluding hydrogens is 356 g/mol. The third-order valence-electron chi connectivity index (χ3n) is 10.4. The number of aliphatic hydroxyl groups is 1. The summed E-state index contributed by atoms with van der Waals surface area (Å²) >= 11 is 0. The molecule has 3 fully saturated rings. The molecule has 1 N–H and O–H groups in total. The molecule has 164 valence electrons. The molecule has 0 aromatic heterocycles. The molecule has 0 aromatic carbocycles. The molecule has 0 aromatic rings. The first-order chi connectivity index (χ1) is 13.8. The molecule has 4 aliphatic rings. The lowest BCUT2D eigenvalue weighted by molar-refractivity contribution is -0.122. The number of fused-ring (bicyclic) bond motifs is 5. The predicted molar refractivity (Wildman–Crippen MR) is 119 cm³/mol. The van der Waals surface area contributed by atoms with Crippen molar-refractivity contribution >= 4 is 5.78 Å². The summed E-state index contributed by atoms with van der Waals surface area (Å²) in [5.41, 5.74) is 2.33. The monoisotopic (exact) mass is 400 g/mol. The van der Waals surface area contributed by atoms with E-state index in [2.05, 4.69) is 33.8 Å². The zero-order valence-electron chi connectivity index (χ0n) is 19.4. The lowest BCUT2D eigenvalue weighted by Crippen LogP contribution is -2.50. The van der Waals surface area contributed by atoms with Crippen LogP contribution in [0, 0.1) is 46.3 Å². The van der Waals surface area contributed by atoms with Crippen molar-refractivity contribution in [3.8, 4) is 0 Å². The Balaban J connectivity index is 1.46. The quantitative estimate of drug-likeness (QED) is 0.512. The van der Waals surface area contributed by atoms with Crippen molar-refractivity contribution in [3.05, 3.63) is 11.6 Å². The highest BCUT2D eigenvalue weighted by molar-refractivity contribution is 5.82. The average molecular weight is 401 g/mol. The van der Waals surface area contributed by atoms with Crippen LogP contribution >= 0.6 is 0 Å². The third kappa shape index (κ3) is 3.66. The largest absolute Gasteiger partial charge is 0.396 e. The molecule has 8 atom stereocenters. The van der Waals surface area contributed by atoms with Gasteiger partial charge in [0.1, 0.15) is 5.78 Å². The van der Waals surface area contributed by atoms with Crippen LogP contribution in [0.4, 0.5) is 0 Å². The summed E-state index contributed by atoms with van der Waals surface area (Å²) in [5.74, 6) is 5.16. The Morgan fingerprint density at radius 1 is 1.10 bits per heavy atom. The minimum Gasteiger partial charge on any atom is -0.396 e. The summed E-state index contributed by atoms with van der Waals surface area (Å²) in [4.78, 5) is 12.1. The summed E-state index contributed by atoms with van der Waals surface area (Å²) in [6.07, 6.45) is 15.8. The summed E-state index contributed by atoms with van der Waals surface area (Å²) in [5, 5.41) is 9.31. The molecule has 0 spiro atoms. The van der Waals surface area contributed by atoms with E-state index in [0.717, 1.165) is 48.9 Å². The van der Waals surface area contributed by atoms with E-state index in [9.17, 15) is 9.90 Å². The highest BCUT2D eigenvalue weighted by Gasteiger charge is 2.59. The number of carbonyl (C=O) groups is 1. The van der Waals surface area contributed by atoms with Crippen molar-refractivity contribution in [1.82, 2.24) is 0 Å². The minimum atomic E-state index is 0.308. The molecule has 0 aliphatic heterocycles. The van der Waals surface area contributed by atoms with Gasteiger partial charge in [-0.1, -0.05) is 52.2 Å². The second kappa shape index (κ2) is 8.13. The molecule has 0 bridgehead atoms. The third-order valence-corrected chi connectivity index (χ3v) is 10.4. The summed E-state index contributed by atoms with van der Waals surface area (Å²) < 4.78 is 0. The van der Waals surface area contributed by atoms with Crippen LogP contribution in [-0.4, -0.2) is 17.5 Å². The van der Waals surface area contributed by atoms with Crippen molar-refractivity contribution in [1.29, 1.82) is 0 Å². The number of rotatable bonds is 6. The molecule has 2 heteroatoms. The van der Waals surface area contributed by atoms with Gasteiger partial charge in [0.15, 0.2) is 0 Å². The van der Waals surface area contributed by atoms with Gasteiger partial charge in [0, 0.05) is 19.4 Å². The molecule has 0 saturated heterocycles. The van der Waals surface area contributed by atoms with Crippen LogP contribution in [0.1, 0.15) is 98.3 Å². The molecule has 0 amide bonds. The Kier molecular flexibility index (Phi) is 6.06. The van der Waals surface area contributed by atoms with Crippen LogP contribution < -0.4 is 0 Å². The van der Waals surface area contributed by atoms with Crippen molar-refractivity contribution < 1.29 is 9.90 Å². The van der Waals surface area contributed by atoms with E-state index < -0.39 is 0 Å². The predicted octanol–water partition coefficient (Wildman–Crippen LogP) is 6.57. The second-order valence-electron chi connectivity index (χ2n) is 11.9. The van der Waals surface area contributed by atoms with E-state index in [-0.39, 0.29) is 0 Å².